The lowest BCUT2D eigenvalue weighted by atomic mass is 10.0. The number of carbonyl (C=O) groups excluding carboxylic acids is 1. The number of benzene rings is 2. The predicted molar refractivity (Wildman–Crippen MR) is 125 cm³/mol. The smallest absolute Gasteiger partial charge is 0.253 e. The quantitative estimate of drug-likeness (QED) is 0.691. The minimum atomic E-state index is -3.56. The second kappa shape index (κ2) is 9.60. The molecule has 0 saturated carbocycles. The van der Waals surface area contributed by atoms with Crippen molar-refractivity contribution < 1.29 is 17.9 Å². The molecule has 32 heavy (non-hydrogen) atoms. The molecule has 8 heteroatoms. The van der Waals surface area contributed by atoms with E-state index in [2.05, 4.69) is 18.7 Å². The number of hydrogen-bond donors (Lipinski definition) is 0. The van der Waals surface area contributed by atoms with E-state index in [9.17, 15) is 13.2 Å². The Kier molecular flexibility index (Phi) is 6.83. The summed E-state index contributed by atoms with van der Waals surface area (Å²) >= 11 is 0. The van der Waals surface area contributed by atoms with Crippen molar-refractivity contribution in [2.75, 3.05) is 57.4 Å². The van der Waals surface area contributed by atoms with Crippen LogP contribution in [0.15, 0.2) is 53.4 Å². The van der Waals surface area contributed by atoms with E-state index in [0.29, 0.717) is 42.6 Å². The van der Waals surface area contributed by atoms with Gasteiger partial charge in [0.15, 0.2) is 0 Å². The molecule has 0 radical (unpaired) electrons. The minimum Gasteiger partial charge on any atom is -0.378 e. The molecule has 0 aliphatic carbocycles. The number of rotatable bonds is 5. The lowest BCUT2D eigenvalue weighted by Crippen LogP contribution is -2.50. The van der Waals surface area contributed by atoms with Crippen LogP contribution in [0.5, 0.6) is 0 Å². The van der Waals surface area contributed by atoms with E-state index in [4.69, 9.17) is 4.74 Å². The van der Waals surface area contributed by atoms with E-state index >= 15 is 0 Å². The van der Waals surface area contributed by atoms with Crippen LogP contribution in [0, 0.1) is 0 Å². The van der Waals surface area contributed by atoms with Crippen LogP contribution in [-0.2, 0) is 14.8 Å². The second-order valence-corrected chi connectivity index (χ2v) is 10.5. The summed E-state index contributed by atoms with van der Waals surface area (Å²) in [5.74, 6) is 0.293. The van der Waals surface area contributed by atoms with Gasteiger partial charge in [-0.15, -0.1) is 0 Å². The van der Waals surface area contributed by atoms with Crippen LogP contribution < -0.4 is 4.90 Å². The van der Waals surface area contributed by atoms with Gasteiger partial charge in [-0.2, -0.15) is 4.31 Å². The number of nitrogens with zero attached hydrogens (tertiary/aromatic N) is 3. The van der Waals surface area contributed by atoms with E-state index in [-0.39, 0.29) is 5.91 Å². The number of amides is 1. The summed E-state index contributed by atoms with van der Waals surface area (Å²) in [6, 6.07) is 14.8. The molecule has 0 N–H and O–H groups in total. The Hall–Kier alpha value is -2.42. The number of piperazine rings is 1. The van der Waals surface area contributed by atoms with E-state index in [0.717, 1.165) is 37.6 Å². The molecule has 0 bridgehead atoms. The van der Waals surface area contributed by atoms with Gasteiger partial charge in [-0.25, -0.2) is 8.42 Å². The first-order valence-corrected chi connectivity index (χ1v) is 12.6. The number of ether oxygens (including phenoxy) is 1. The van der Waals surface area contributed by atoms with Crippen molar-refractivity contribution >= 4 is 21.6 Å². The molecule has 0 atom stereocenters. The summed E-state index contributed by atoms with van der Waals surface area (Å²) in [6.45, 7) is 8.66. The normalized spacial score (nSPS) is 18.2. The first-order chi connectivity index (χ1) is 15.4. The summed E-state index contributed by atoms with van der Waals surface area (Å²) in [7, 11) is -3.56. The predicted octanol–water partition coefficient (Wildman–Crippen LogP) is 2.79. The number of sulfonamides is 1. The van der Waals surface area contributed by atoms with Crippen molar-refractivity contribution in [3.8, 4) is 0 Å². The van der Waals surface area contributed by atoms with Gasteiger partial charge in [0.1, 0.15) is 0 Å². The Labute approximate surface area is 190 Å². The zero-order chi connectivity index (χ0) is 22.7. The number of carbonyl (C=O) groups is 1. The third-order valence-corrected chi connectivity index (χ3v) is 8.11. The van der Waals surface area contributed by atoms with Crippen molar-refractivity contribution in [1.29, 1.82) is 0 Å². The average molecular weight is 458 g/mol. The van der Waals surface area contributed by atoms with Gasteiger partial charge in [-0.05, 0) is 47.9 Å². The largest absolute Gasteiger partial charge is 0.378 e. The van der Waals surface area contributed by atoms with Crippen molar-refractivity contribution in [3.05, 3.63) is 59.7 Å². The zero-order valence-corrected chi connectivity index (χ0v) is 19.6. The highest BCUT2D eigenvalue weighted by molar-refractivity contribution is 7.89. The Morgan fingerprint density at radius 3 is 2.00 bits per heavy atom. The molecule has 0 aromatic heterocycles. The second-order valence-electron chi connectivity index (χ2n) is 8.57. The third kappa shape index (κ3) is 4.82. The standard InChI is InChI=1S/C24H31N3O4S/c1-19(2)20-5-9-23(10-6-20)32(29,30)27-13-11-26(12-14-27)24(28)21-3-7-22(8-4-21)25-15-17-31-18-16-25/h3-10,19H,11-18H2,1-2H3. The van der Waals surface area contributed by atoms with Crippen LogP contribution >= 0.6 is 0 Å². The molecule has 2 saturated heterocycles. The first-order valence-electron chi connectivity index (χ1n) is 11.2. The molecule has 172 valence electrons. The lowest BCUT2D eigenvalue weighted by molar-refractivity contribution is 0.0698. The van der Waals surface area contributed by atoms with Crippen LogP contribution in [0.1, 0.15) is 35.7 Å². The van der Waals surface area contributed by atoms with Crippen LogP contribution in [0.25, 0.3) is 0 Å². The van der Waals surface area contributed by atoms with Crippen LogP contribution in [0.4, 0.5) is 5.69 Å². The van der Waals surface area contributed by atoms with Crippen LogP contribution in [-0.4, -0.2) is 76.0 Å². The summed E-state index contributed by atoms with van der Waals surface area (Å²) in [4.78, 5) is 17.2. The zero-order valence-electron chi connectivity index (χ0n) is 18.7. The Bertz CT molecular complexity index is 1020. The molecule has 0 unspecified atom stereocenters. The molecule has 2 aromatic carbocycles. The molecule has 2 heterocycles. The highest BCUT2D eigenvalue weighted by Gasteiger charge is 2.30. The maximum absolute atomic E-state index is 13.0. The topological polar surface area (TPSA) is 70.2 Å². The van der Waals surface area contributed by atoms with Crippen molar-refractivity contribution in [1.82, 2.24) is 9.21 Å². The molecule has 4 rings (SSSR count). The van der Waals surface area contributed by atoms with E-state index < -0.39 is 10.0 Å². The van der Waals surface area contributed by atoms with Gasteiger partial charge in [-0.3, -0.25) is 4.79 Å². The fourth-order valence-electron chi connectivity index (χ4n) is 4.12. The molecule has 2 aromatic rings. The Morgan fingerprint density at radius 1 is 0.844 bits per heavy atom. The van der Waals surface area contributed by atoms with Crippen molar-refractivity contribution in [3.63, 3.8) is 0 Å². The maximum Gasteiger partial charge on any atom is 0.253 e. The molecule has 2 aliphatic rings. The summed E-state index contributed by atoms with van der Waals surface area (Å²) in [5, 5.41) is 0. The summed E-state index contributed by atoms with van der Waals surface area (Å²) in [6.07, 6.45) is 0. The molecule has 7 nitrogen and oxygen atoms in total. The van der Waals surface area contributed by atoms with Crippen LogP contribution in [0.2, 0.25) is 0 Å². The fraction of sp³-hybridized carbons (Fsp3) is 0.458. The number of hydrogen-bond acceptors (Lipinski definition) is 5. The Morgan fingerprint density at radius 2 is 1.44 bits per heavy atom. The third-order valence-electron chi connectivity index (χ3n) is 6.20. The fourth-order valence-corrected chi connectivity index (χ4v) is 5.55. The monoisotopic (exact) mass is 457 g/mol. The van der Waals surface area contributed by atoms with Gasteiger partial charge in [0.25, 0.3) is 5.91 Å². The van der Waals surface area contributed by atoms with Gasteiger partial charge in [-0.1, -0.05) is 26.0 Å². The van der Waals surface area contributed by atoms with E-state index in [1.54, 1.807) is 17.0 Å². The van der Waals surface area contributed by atoms with Gasteiger partial charge in [0.05, 0.1) is 18.1 Å². The van der Waals surface area contributed by atoms with Gasteiger partial charge in [0.2, 0.25) is 10.0 Å². The SMILES string of the molecule is CC(C)c1ccc(S(=O)(=O)N2CCN(C(=O)c3ccc(N4CCOCC4)cc3)CC2)cc1. The first kappa shape index (κ1) is 22.8. The molecule has 1 amide bonds. The highest BCUT2D eigenvalue weighted by Crippen LogP contribution is 2.22. The summed E-state index contributed by atoms with van der Waals surface area (Å²) in [5.41, 5.74) is 2.82. The number of anilines is 1. The van der Waals surface area contributed by atoms with E-state index in [1.807, 2.05) is 36.4 Å². The molecule has 0 spiro atoms. The van der Waals surface area contributed by atoms with Crippen LogP contribution in [0.3, 0.4) is 0 Å². The molecular weight excluding hydrogens is 426 g/mol. The number of morpholine rings is 1. The summed E-state index contributed by atoms with van der Waals surface area (Å²) < 4.78 is 32.9. The van der Waals surface area contributed by atoms with Gasteiger partial charge in [0, 0.05) is 50.5 Å². The molecule has 2 fully saturated rings. The van der Waals surface area contributed by atoms with Gasteiger partial charge < -0.3 is 14.5 Å². The molecular formula is C24H31N3O4S. The average Bonchev–Trinajstić information content (AvgIpc) is 2.84. The van der Waals surface area contributed by atoms with Crippen molar-refractivity contribution in [2.24, 2.45) is 0 Å². The maximum atomic E-state index is 13.0. The highest BCUT2D eigenvalue weighted by atomic mass is 32.2. The minimum absolute atomic E-state index is 0.0585. The van der Waals surface area contributed by atoms with Crippen molar-refractivity contribution in [2.45, 2.75) is 24.7 Å². The lowest BCUT2D eigenvalue weighted by Gasteiger charge is -2.34. The van der Waals surface area contributed by atoms with Gasteiger partial charge >= 0.3 is 0 Å². The van der Waals surface area contributed by atoms with E-state index in [1.165, 1.54) is 4.31 Å². The molecule has 2 aliphatic heterocycles. The Balaban J connectivity index is 1.37.